The maximum absolute atomic E-state index is 8.88. The second kappa shape index (κ2) is 7.29. The van der Waals surface area contributed by atoms with Gasteiger partial charge in [-0.25, -0.2) is 0 Å². The molecule has 116 valence electrons. The Labute approximate surface area is 139 Å². The highest BCUT2D eigenvalue weighted by atomic mass is 14.3. The molecule has 0 heterocycles. The average Bonchev–Trinajstić information content (AvgIpc) is 2.63. The zero-order valence-corrected chi connectivity index (χ0v) is 13.5. The van der Waals surface area contributed by atoms with Gasteiger partial charge in [-0.05, 0) is 72.8 Å². The van der Waals surface area contributed by atoms with E-state index in [0.29, 0.717) is 11.5 Å². The number of hydrogen-bond donors (Lipinski definition) is 0. The van der Waals surface area contributed by atoms with E-state index < -0.39 is 0 Å². The standard InChI is InChI=1S/C22H23N/c1-2-3-17-4-8-19(9-5-17)21-12-14-22(15-13-21)20-10-6-18(16-23)7-11-20/h2,6-7,10-15,17,19H,1,3-5,8-9H2. The lowest BCUT2D eigenvalue weighted by atomic mass is 9.77. The number of benzene rings is 2. The van der Waals surface area contributed by atoms with Crippen molar-refractivity contribution in [2.45, 2.75) is 38.0 Å². The van der Waals surface area contributed by atoms with E-state index in [1.807, 2.05) is 24.3 Å². The van der Waals surface area contributed by atoms with Gasteiger partial charge in [0.05, 0.1) is 11.6 Å². The molecule has 1 fully saturated rings. The Morgan fingerprint density at radius 1 is 0.913 bits per heavy atom. The maximum Gasteiger partial charge on any atom is 0.0991 e. The average molecular weight is 301 g/mol. The molecular weight excluding hydrogens is 278 g/mol. The summed E-state index contributed by atoms with van der Waals surface area (Å²) in [7, 11) is 0. The van der Waals surface area contributed by atoms with E-state index in [1.165, 1.54) is 48.8 Å². The van der Waals surface area contributed by atoms with E-state index in [-0.39, 0.29) is 0 Å². The molecule has 1 aliphatic rings. The molecule has 0 amide bonds. The van der Waals surface area contributed by atoms with Crippen LogP contribution in [-0.4, -0.2) is 0 Å². The molecule has 1 aliphatic carbocycles. The van der Waals surface area contributed by atoms with Crippen molar-refractivity contribution in [3.05, 3.63) is 72.3 Å². The fourth-order valence-corrected chi connectivity index (χ4v) is 3.65. The summed E-state index contributed by atoms with van der Waals surface area (Å²) in [5, 5.41) is 8.88. The Hall–Kier alpha value is -2.33. The second-order valence-corrected chi connectivity index (χ2v) is 6.55. The third kappa shape index (κ3) is 3.71. The number of allylic oxidation sites excluding steroid dienone is 1. The fraction of sp³-hybridized carbons (Fsp3) is 0.318. The Bertz CT molecular complexity index is 680. The first-order valence-corrected chi connectivity index (χ1v) is 8.51. The van der Waals surface area contributed by atoms with Crippen LogP contribution < -0.4 is 0 Å². The van der Waals surface area contributed by atoms with Gasteiger partial charge in [-0.15, -0.1) is 6.58 Å². The SMILES string of the molecule is C=CCC1CCC(c2ccc(-c3ccc(C#N)cc3)cc2)CC1. The molecule has 0 saturated heterocycles. The molecule has 0 N–H and O–H groups in total. The Morgan fingerprint density at radius 2 is 1.48 bits per heavy atom. The van der Waals surface area contributed by atoms with Crippen LogP contribution in [0.25, 0.3) is 11.1 Å². The van der Waals surface area contributed by atoms with Gasteiger partial charge in [0.1, 0.15) is 0 Å². The van der Waals surface area contributed by atoms with Crippen LogP contribution in [0, 0.1) is 17.2 Å². The number of hydrogen-bond acceptors (Lipinski definition) is 1. The van der Waals surface area contributed by atoms with Gasteiger partial charge in [0.15, 0.2) is 0 Å². The summed E-state index contributed by atoms with van der Waals surface area (Å²) in [6, 6.07) is 19.0. The van der Waals surface area contributed by atoms with Crippen molar-refractivity contribution in [1.82, 2.24) is 0 Å². The first-order chi connectivity index (χ1) is 11.3. The predicted octanol–water partition coefficient (Wildman–Crippen LogP) is 6.08. The third-order valence-corrected chi connectivity index (χ3v) is 5.08. The molecule has 23 heavy (non-hydrogen) atoms. The highest BCUT2D eigenvalue weighted by Gasteiger charge is 2.21. The molecule has 1 nitrogen and oxygen atoms in total. The third-order valence-electron chi connectivity index (χ3n) is 5.08. The molecule has 2 aromatic rings. The summed E-state index contributed by atoms with van der Waals surface area (Å²) in [5.41, 5.74) is 4.57. The van der Waals surface area contributed by atoms with E-state index in [4.69, 9.17) is 5.26 Å². The lowest BCUT2D eigenvalue weighted by Gasteiger charge is -2.28. The predicted molar refractivity (Wildman–Crippen MR) is 96.1 cm³/mol. The smallest absolute Gasteiger partial charge is 0.0991 e. The van der Waals surface area contributed by atoms with Crippen LogP contribution in [0.15, 0.2) is 61.2 Å². The normalized spacial score (nSPS) is 20.7. The maximum atomic E-state index is 8.88. The van der Waals surface area contributed by atoms with Gasteiger partial charge in [0.2, 0.25) is 0 Å². The molecule has 0 aromatic heterocycles. The molecule has 0 radical (unpaired) electrons. The molecular formula is C22H23N. The Balaban J connectivity index is 1.67. The summed E-state index contributed by atoms with van der Waals surface area (Å²) < 4.78 is 0. The molecule has 1 heteroatoms. The van der Waals surface area contributed by atoms with Gasteiger partial charge in [0.25, 0.3) is 0 Å². The topological polar surface area (TPSA) is 23.8 Å². The molecule has 0 spiro atoms. The van der Waals surface area contributed by atoms with E-state index in [1.54, 1.807) is 0 Å². The lowest BCUT2D eigenvalue weighted by Crippen LogP contribution is -2.12. The van der Waals surface area contributed by atoms with Gasteiger partial charge in [0, 0.05) is 0 Å². The van der Waals surface area contributed by atoms with Crippen LogP contribution in [0.1, 0.15) is 49.1 Å². The molecule has 0 unspecified atom stereocenters. The lowest BCUT2D eigenvalue weighted by molar-refractivity contribution is 0.328. The van der Waals surface area contributed by atoms with Crippen molar-refractivity contribution in [1.29, 1.82) is 5.26 Å². The van der Waals surface area contributed by atoms with E-state index in [2.05, 4.69) is 43.0 Å². The largest absolute Gasteiger partial charge is 0.192 e. The fourth-order valence-electron chi connectivity index (χ4n) is 3.65. The van der Waals surface area contributed by atoms with Gasteiger partial charge >= 0.3 is 0 Å². The molecule has 1 saturated carbocycles. The number of nitrogens with zero attached hydrogens (tertiary/aromatic N) is 1. The van der Waals surface area contributed by atoms with Crippen LogP contribution in [0.2, 0.25) is 0 Å². The van der Waals surface area contributed by atoms with Crippen molar-refractivity contribution in [3.8, 4) is 17.2 Å². The summed E-state index contributed by atoms with van der Waals surface area (Å²) in [6.07, 6.45) is 8.49. The minimum absolute atomic E-state index is 0.710. The number of rotatable bonds is 4. The molecule has 0 atom stereocenters. The minimum Gasteiger partial charge on any atom is -0.192 e. The van der Waals surface area contributed by atoms with E-state index >= 15 is 0 Å². The summed E-state index contributed by atoms with van der Waals surface area (Å²) in [6.45, 7) is 3.86. The van der Waals surface area contributed by atoms with Crippen LogP contribution in [-0.2, 0) is 0 Å². The highest BCUT2D eigenvalue weighted by molar-refractivity contribution is 5.64. The van der Waals surface area contributed by atoms with Gasteiger partial charge in [-0.1, -0.05) is 42.5 Å². The van der Waals surface area contributed by atoms with Crippen LogP contribution in [0.4, 0.5) is 0 Å². The molecule has 3 rings (SSSR count). The zero-order chi connectivity index (χ0) is 16.1. The quantitative estimate of drug-likeness (QED) is 0.628. The molecule has 0 aliphatic heterocycles. The van der Waals surface area contributed by atoms with Crippen molar-refractivity contribution in [2.24, 2.45) is 5.92 Å². The van der Waals surface area contributed by atoms with Crippen molar-refractivity contribution >= 4 is 0 Å². The second-order valence-electron chi connectivity index (χ2n) is 6.55. The summed E-state index contributed by atoms with van der Waals surface area (Å²) in [4.78, 5) is 0. The summed E-state index contributed by atoms with van der Waals surface area (Å²) in [5.74, 6) is 1.56. The van der Waals surface area contributed by atoms with E-state index in [0.717, 1.165) is 5.92 Å². The number of nitriles is 1. The molecule has 2 aromatic carbocycles. The van der Waals surface area contributed by atoms with Crippen molar-refractivity contribution < 1.29 is 0 Å². The van der Waals surface area contributed by atoms with Crippen LogP contribution in [0.5, 0.6) is 0 Å². The van der Waals surface area contributed by atoms with Gasteiger partial charge in [-0.2, -0.15) is 5.26 Å². The van der Waals surface area contributed by atoms with Gasteiger partial charge in [-0.3, -0.25) is 0 Å². The van der Waals surface area contributed by atoms with Gasteiger partial charge < -0.3 is 0 Å². The Morgan fingerprint density at radius 3 is 2.00 bits per heavy atom. The summed E-state index contributed by atoms with van der Waals surface area (Å²) >= 11 is 0. The minimum atomic E-state index is 0.710. The highest BCUT2D eigenvalue weighted by Crippen LogP contribution is 2.37. The first kappa shape index (κ1) is 15.6. The Kier molecular flexibility index (Phi) is 4.93. The first-order valence-electron chi connectivity index (χ1n) is 8.51. The zero-order valence-electron chi connectivity index (χ0n) is 13.5. The van der Waals surface area contributed by atoms with Crippen molar-refractivity contribution in [3.63, 3.8) is 0 Å². The van der Waals surface area contributed by atoms with Crippen molar-refractivity contribution in [2.75, 3.05) is 0 Å². The molecule has 0 bridgehead atoms. The van der Waals surface area contributed by atoms with Crippen LogP contribution >= 0.6 is 0 Å². The monoisotopic (exact) mass is 301 g/mol. The van der Waals surface area contributed by atoms with Crippen LogP contribution in [0.3, 0.4) is 0 Å². The van der Waals surface area contributed by atoms with E-state index in [9.17, 15) is 0 Å².